The Balaban J connectivity index is 2.83. The smallest absolute Gasteiger partial charge is 0.338 e. The zero-order valence-corrected chi connectivity index (χ0v) is 6.85. The number of aliphatic hydroxyl groups excluding tert-OH is 1. The van der Waals surface area contributed by atoms with Gasteiger partial charge in [-0.25, -0.2) is 4.79 Å². The molecule has 0 bridgehead atoms. The van der Waals surface area contributed by atoms with Crippen LogP contribution >= 0.6 is 11.8 Å². The highest BCUT2D eigenvalue weighted by molar-refractivity contribution is 8.02. The van der Waals surface area contributed by atoms with Crippen molar-refractivity contribution in [2.45, 2.75) is 0 Å². The van der Waals surface area contributed by atoms with E-state index in [0.29, 0.717) is 11.3 Å². The molecule has 0 spiro atoms. The fourth-order valence-corrected chi connectivity index (χ4v) is 1.46. The van der Waals surface area contributed by atoms with Crippen LogP contribution in [0.2, 0.25) is 0 Å². The number of esters is 1. The van der Waals surface area contributed by atoms with E-state index in [9.17, 15) is 4.79 Å². The lowest BCUT2D eigenvalue weighted by atomic mass is 10.2. The molecule has 0 aliphatic carbocycles. The number of carbonyl (C=O) groups excluding carboxylic acids is 1. The largest absolute Gasteiger partial charge is 0.507 e. The summed E-state index contributed by atoms with van der Waals surface area (Å²) in [5, 5.41) is 10.9. The molecule has 0 atom stereocenters. The van der Waals surface area contributed by atoms with Crippen molar-refractivity contribution >= 4 is 17.7 Å². The van der Waals surface area contributed by atoms with Gasteiger partial charge in [-0.15, -0.1) is 11.8 Å². The first-order valence-corrected chi connectivity index (χ1v) is 4.09. The number of allylic oxidation sites excluding steroid dienone is 1. The second-order valence-electron chi connectivity index (χ2n) is 1.97. The molecule has 60 valence electrons. The Kier molecular flexibility index (Phi) is 2.59. The molecule has 0 saturated heterocycles. The molecule has 1 aliphatic rings. The maximum atomic E-state index is 10.9. The number of methoxy groups -OCH3 is 1. The molecule has 1 aliphatic heterocycles. The first-order chi connectivity index (χ1) is 5.25. The molecule has 1 rings (SSSR count). The number of carbonyl (C=O) groups is 1. The number of thioether (sulfide) groups is 1. The van der Waals surface area contributed by atoms with Gasteiger partial charge in [-0.1, -0.05) is 0 Å². The summed E-state index contributed by atoms with van der Waals surface area (Å²) in [5.74, 6) is 0.0320. The molecular weight excluding hydrogens is 164 g/mol. The summed E-state index contributed by atoms with van der Waals surface area (Å²) >= 11 is 1.45. The Bertz CT molecular complexity index is 230. The van der Waals surface area contributed by atoms with E-state index in [2.05, 4.69) is 4.74 Å². The minimum Gasteiger partial charge on any atom is -0.507 e. The lowest BCUT2D eigenvalue weighted by molar-refractivity contribution is -0.136. The summed E-state index contributed by atoms with van der Waals surface area (Å²) in [4.78, 5) is 10.9. The Morgan fingerprint density at radius 1 is 1.82 bits per heavy atom. The molecule has 0 unspecified atom stereocenters. The fraction of sp³-hybridized carbons (Fsp3) is 0.286. The Hall–Kier alpha value is -0.900. The van der Waals surface area contributed by atoms with E-state index in [-0.39, 0.29) is 5.76 Å². The van der Waals surface area contributed by atoms with Gasteiger partial charge in [0.05, 0.1) is 12.7 Å². The quantitative estimate of drug-likeness (QED) is 0.604. The molecule has 4 heteroatoms. The molecule has 0 fully saturated rings. The first-order valence-electron chi connectivity index (χ1n) is 3.04. The minimum atomic E-state index is -0.459. The van der Waals surface area contributed by atoms with Crippen LogP contribution in [0.3, 0.4) is 0 Å². The number of hydrogen-bond acceptors (Lipinski definition) is 4. The van der Waals surface area contributed by atoms with E-state index in [1.807, 2.05) is 0 Å². The average Bonchev–Trinajstić information content (AvgIpc) is 2.04. The molecule has 0 radical (unpaired) electrons. The topological polar surface area (TPSA) is 46.5 Å². The number of rotatable bonds is 1. The predicted molar refractivity (Wildman–Crippen MR) is 43.3 cm³/mol. The van der Waals surface area contributed by atoms with Crippen LogP contribution < -0.4 is 0 Å². The zero-order valence-electron chi connectivity index (χ0n) is 6.03. The normalized spacial score (nSPS) is 16.8. The summed E-state index contributed by atoms with van der Waals surface area (Å²) in [6.07, 6.45) is 1.49. The number of ether oxygens (including phenoxy) is 1. The summed E-state index contributed by atoms with van der Waals surface area (Å²) in [7, 11) is 1.30. The lowest BCUT2D eigenvalue weighted by Crippen LogP contribution is -2.10. The van der Waals surface area contributed by atoms with Crippen molar-refractivity contribution in [3.8, 4) is 0 Å². The van der Waals surface area contributed by atoms with Crippen LogP contribution in [0.15, 0.2) is 22.8 Å². The Morgan fingerprint density at radius 2 is 2.55 bits per heavy atom. The van der Waals surface area contributed by atoms with Gasteiger partial charge in [0, 0.05) is 5.75 Å². The summed E-state index contributed by atoms with van der Waals surface area (Å²) < 4.78 is 4.46. The van der Waals surface area contributed by atoms with Crippen molar-refractivity contribution in [1.82, 2.24) is 0 Å². The molecule has 0 amide bonds. The molecule has 0 saturated carbocycles. The average molecular weight is 172 g/mol. The van der Waals surface area contributed by atoms with Gasteiger partial charge in [0.1, 0.15) is 5.76 Å². The van der Waals surface area contributed by atoms with Crippen molar-refractivity contribution in [2.75, 3.05) is 12.9 Å². The Morgan fingerprint density at radius 3 is 3.09 bits per heavy atom. The number of hydrogen-bond donors (Lipinski definition) is 1. The second-order valence-corrected chi connectivity index (χ2v) is 2.86. The van der Waals surface area contributed by atoms with Crippen LogP contribution in [0.25, 0.3) is 0 Å². The SMILES string of the molecule is COC(=O)C1=C(O)C=CSC1. The van der Waals surface area contributed by atoms with Gasteiger partial charge in [-0.05, 0) is 11.5 Å². The molecule has 1 N–H and O–H groups in total. The van der Waals surface area contributed by atoms with Gasteiger partial charge in [0.2, 0.25) is 0 Å². The maximum Gasteiger partial charge on any atom is 0.338 e. The van der Waals surface area contributed by atoms with E-state index < -0.39 is 5.97 Å². The van der Waals surface area contributed by atoms with Crippen molar-refractivity contribution in [3.05, 3.63) is 22.8 Å². The third kappa shape index (κ3) is 1.77. The standard InChI is InChI=1S/C7H8O3S/c1-10-7(9)5-4-11-3-2-6(5)8/h2-3,8H,4H2,1H3. The van der Waals surface area contributed by atoms with E-state index in [4.69, 9.17) is 5.11 Å². The summed E-state index contributed by atoms with van der Waals surface area (Å²) in [6.45, 7) is 0. The van der Waals surface area contributed by atoms with Crippen molar-refractivity contribution in [1.29, 1.82) is 0 Å². The van der Waals surface area contributed by atoms with Gasteiger partial charge >= 0.3 is 5.97 Å². The molecule has 11 heavy (non-hydrogen) atoms. The highest BCUT2D eigenvalue weighted by Gasteiger charge is 2.16. The van der Waals surface area contributed by atoms with Gasteiger partial charge < -0.3 is 9.84 Å². The van der Waals surface area contributed by atoms with Gasteiger partial charge in [-0.3, -0.25) is 0 Å². The van der Waals surface area contributed by atoms with E-state index in [1.165, 1.54) is 24.9 Å². The molecule has 0 aromatic heterocycles. The van der Waals surface area contributed by atoms with Crippen LogP contribution in [0.4, 0.5) is 0 Å². The van der Waals surface area contributed by atoms with E-state index in [0.717, 1.165) is 0 Å². The van der Waals surface area contributed by atoms with Crippen molar-refractivity contribution in [3.63, 3.8) is 0 Å². The van der Waals surface area contributed by atoms with Crippen LogP contribution in [-0.2, 0) is 9.53 Å². The highest BCUT2D eigenvalue weighted by atomic mass is 32.2. The third-order valence-corrected chi connectivity index (χ3v) is 2.07. The van der Waals surface area contributed by atoms with Gasteiger partial charge in [0.15, 0.2) is 0 Å². The van der Waals surface area contributed by atoms with Crippen LogP contribution in [0.5, 0.6) is 0 Å². The Labute approximate surface area is 68.7 Å². The minimum absolute atomic E-state index is 0.00981. The van der Waals surface area contributed by atoms with Crippen LogP contribution in [-0.4, -0.2) is 23.9 Å². The van der Waals surface area contributed by atoms with Crippen LogP contribution in [0.1, 0.15) is 0 Å². The first kappa shape index (κ1) is 8.20. The van der Waals surface area contributed by atoms with E-state index in [1.54, 1.807) is 5.41 Å². The zero-order chi connectivity index (χ0) is 8.27. The van der Waals surface area contributed by atoms with E-state index >= 15 is 0 Å². The predicted octanol–water partition coefficient (Wildman–Crippen LogP) is 1.23. The molecule has 0 aromatic rings. The molecule has 1 heterocycles. The monoisotopic (exact) mass is 172 g/mol. The van der Waals surface area contributed by atoms with Crippen molar-refractivity contribution < 1.29 is 14.6 Å². The van der Waals surface area contributed by atoms with Gasteiger partial charge in [-0.2, -0.15) is 0 Å². The fourth-order valence-electron chi connectivity index (χ4n) is 0.705. The van der Waals surface area contributed by atoms with Crippen LogP contribution in [0, 0.1) is 0 Å². The summed E-state index contributed by atoms with van der Waals surface area (Å²) in [6, 6.07) is 0. The second kappa shape index (κ2) is 3.48. The lowest BCUT2D eigenvalue weighted by Gasteiger charge is -2.08. The molecular formula is C7H8O3S. The highest BCUT2D eigenvalue weighted by Crippen LogP contribution is 2.19. The third-order valence-electron chi connectivity index (χ3n) is 1.29. The van der Waals surface area contributed by atoms with Crippen molar-refractivity contribution in [2.24, 2.45) is 0 Å². The molecule has 3 nitrogen and oxygen atoms in total. The maximum absolute atomic E-state index is 10.9. The summed E-state index contributed by atoms with van der Waals surface area (Å²) in [5.41, 5.74) is 0.333. The number of aliphatic hydroxyl groups is 1. The van der Waals surface area contributed by atoms with Gasteiger partial charge in [0.25, 0.3) is 0 Å². The molecule has 0 aromatic carbocycles.